The fourth-order valence-electron chi connectivity index (χ4n) is 4.06. The van der Waals surface area contributed by atoms with Crippen LogP contribution < -0.4 is 9.64 Å². The molecule has 0 unspecified atom stereocenters. The second kappa shape index (κ2) is 8.10. The smallest absolute Gasteiger partial charge is 0.225 e. The molecular weight excluding hydrogens is 362 g/mol. The van der Waals surface area contributed by atoms with Gasteiger partial charge in [-0.05, 0) is 43.4 Å². The third kappa shape index (κ3) is 4.48. The van der Waals surface area contributed by atoms with Crippen molar-refractivity contribution < 1.29 is 4.74 Å². The fourth-order valence-corrected chi connectivity index (χ4v) is 4.16. The van der Waals surface area contributed by atoms with Crippen LogP contribution in [0.4, 0.5) is 5.95 Å². The predicted molar refractivity (Wildman–Crippen MR) is 103 cm³/mol. The van der Waals surface area contributed by atoms with Crippen LogP contribution in [0.15, 0.2) is 30.9 Å². The maximum Gasteiger partial charge on any atom is 0.225 e. The number of rotatable bonds is 6. The molecule has 2 aliphatic rings. The van der Waals surface area contributed by atoms with Gasteiger partial charge in [-0.3, -0.25) is 4.98 Å². The van der Waals surface area contributed by atoms with Crippen molar-refractivity contribution in [2.45, 2.75) is 25.7 Å². The van der Waals surface area contributed by atoms with Crippen molar-refractivity contribution in [2.24, 2.45) is 17.8 Å². The zero-order valence-electron chi connectivity index (χ0n) is 15.1. The molecule has 2 atom stereocenters. The molecule has 27 heavy (non-hydrogen) atoms. The Morgan fingerprint density at radius 1 is 1.19 bits per heavy atom. The Morgan fingerprint density at radius 3 is 2.70 bits per heavy atom. The van der Waals surface area contributed by atoms with Gasteiger partial charge in [-0.2, -0.15) is 5.26 Å². The molecule has 1 saturated carbocycles. The van der Waals surface area contributed by atoms with Crippen molar-refractivity contribution in [3.05, 3.63) is 41.4 Å². The van der Waals surface area contributed by atoms with E-state index < -0.39 is 0 Å². The Labute approximate surface area is 164 Å². The van der Waals surface area contributed by atoms with E-state index in [2.05, 4.69) is 25.9 Å². The summed E-state index contributed by atoms with van der Waals surface area (Å²) < 4.78 is 5.77. The SMILES string of the molecule is N#Cc1cncc(OCC[C@@H]2C[C@@H]2C2CCN(c3ncc(Cl)cn3)CC2)c1. The Kier molecular flexibility index (Phi) is 5.40. The lowest BCUT2D eigenvalue weighted by Crippen LogP contribution is -2.35. The number of hydrogen-bond acceptors (Lipinski definition) is 6. The molecule has 0 aromatic carbocycles. The highest BCUT2D eigenvalue weighted by Crippen LogP contribution is 2.49. The summed E-state index contributed by atoms with van der Waals surface area (Å²) in [6.45, 7) is 2.71. The molecule has 1 aliphatic heterocycles. The molecule has 0 spiro atoms. The van der Waals surface area contributed by atoms with E-state index in [1.165, 1.54) is 19.3 Å². The molecule has 0 amide bonds. The van der Waals surface area contributed by atoms with Gasteiger partial charge < -0.3 is 9.64 Å². The summed E-state index contributed by atoms with van der Waals surface area (Å²) >= 11 is 5.86. The van der Waals surface area contributed by atoms with Crippen LogP contribution in [0.3, 0.4) is 0 Å². The largest absolute Gasteiger partial charge is 0.492 e. The Morgan fingerprint density at radius 2 is 1.96 bits per heavy atom. The van der Waals surface area contributed by atoms with E-state index in [4.69, 9.17) is 21.6 Å². The number of ether oxygens (including phenoxy) is 1. The van der Waals surface area contributed by atoms with Gasteiger partial charge in [-0.15, -0.1) is 0 Å². The number of nitrogens with zero attached hydrogens (tertiary/aromatic N) is 5. The van der Waals surface area contributed by atoms with Crippen LogP contribution in [0.2, 0.25) is 5.02 Å². The molecule has 140 valence electrons. The van der Waals surface area contributed by atoms with E-state index in [1.54, 1.807) is 30.9 Å². The molecule has 0 N–H and O–H groups in total. The lowest BCUT2D eigenvalue weighted by atomic mass is 9.90. The third-order valence-electron chi connectivity index (χ3n) is 5.61. The lowest BCUT2D eigenvalue weighted by molar-refractivity contribution is 0.283. The summed E-state index contributed by atoms with van der Waals surface area (Å²) in [7, 11) is 0. The minimum absolute atomic E-state index is 0.535. The average molecular weight is 384 g/mol. The van der Waals surface area contributed by atoms with Crippen molar-refractivity contribution in [3.8, 4) is 11.8 Å². The molecule has 4 rings (SSSR count). The summed E-state index contributed by atoms with van der Waals surface area (Å²) in [6, 6.07) is 3.83. The van der Waals surface area contributed by atoms with Gasteiger partial charge in [0, 0.05) is 25.4 Å². The summed E-state index contributed by atoms with van der Waals surface area (Å²) in [5, 5.41) is 9.48. The minimum atomic E-state index is 0.535. The highest BCUT2D eigenvalue weighted by atomic mass is 35.5. The highest BCUT2D eigenvalue weighted by Gasteiger charge is 2.43. The number of hydrogen-bond donors (Lipinski definition) is 0. The van der Waals surface area contributed by atoms with Gasteiger partial charge in [0.05, 0.1) is 35.8 Å². The van der Waals surface area contributed by atoms with Crippen molar-refractivity contribution in [3.63, 3.8) is 0 Å². The van der Waals surface area contributed by atoms with Crippen LogP contribution in [0.25, 0.3) is 0 Å². The molecule has 1 saturated heterocycles. The standard InChI is InChI=1S/C20H22ClN5O/c21-17-11-24-20(25-12-17)26-4-1-15(2-5-26)19-8-16(19)3-6-27-18-7-14(9-22)10-23-13-18/h7,10-13,15-16,19H,1-6,8H2/t16-,19-/m1/s1. The van der Waals surface area contributed by atoms with Crippen molar-refractivity contribution >= 4 is 17.5 Å². The molecule has 3 heterocycles. The van der Waals surface area contributed by atoms with E-state index >= 15 is 0 Å². The van der Waals surface area contributed by atoms with Crippen molar-refractivity contribution in [1.82, 2.24) is 15.0 Å². The van der Waals surface area contributed by atoms with Crippen LogP contribution in [0, 0.1) is 29.1 Å². The summed E-state index contributed by atoms with van der Waals surface area (Å²) in [5.41, 5.74) is 0.535. The quantitative estimate of drug-likeness (QED) is 0.756. The Balaban J connectivity index is 1.19. The molecule has 0 bridgehead atoms. The molecule has 0 radical (unpaired) electrons. The summed E-state index contributed by atoms with van der Waals surface area (Å²) in [6.07, 6.45) is 11.3. The molecule has 1 aliphatic carbocycles. The van der Waals surface area contributed by atoms with Gasteiger partial charge in [0.25, 0.3) is 0 Å². The number of halogens is 1. The van der Waals surface area contributed by atoms with E-state index in [-0.39, 0.29) is 0 Å². The number of nitriles is 1. The molecule has 2 fully saturated rings. The van der Waals surface area contributed by atoms with Gasteiger partial charge in [0.2, 0.25) is 5.95 Å². The zero-order valence-corrected chi connectivity index (χ0v) is 15.8. The number of piperidine rings is 1. The lowest BCUT2D eigenvalue weighted by Gasteiger charge is -2.32. The van der Waals surface area contributed by atoms with Crippen LogP contribution in [-0.4, -0.2) is 34.6 Å². The van der Waals surface area contributed by atoms with Crippen LogP contribution >= 0.6 is 11.6 Å². The molecular formula is C20H22ClN5O. The first-order chi connectivity index (χ1) is 13.2. The van der Waals surface area contributed by atoms with E-state index in [1.807, 2.05) is 0 Å². The van der Waals surface area contributed by atoms with E-state index in [0.717, 1.165) is 43.2 Å². The number of aromatic nitrogens is 3. The predicted octanol–water partition coefficient (Wildman–Crippen LogP) is 3.72. The van der Waals surface area contributed by atoms with Crippen LogP contribution in [-0.2, 0) is 0 Å². The first-order valence-corrected chi connectivity index (χ1v) is 9.81. The van der Waals surface area contributed by atoms with Gasteiger partial charge in [-0.1, -0.05) is 11.6 Å². The number of anilines is 1. The Hall–Kier alpha value is -2.39. The van der Waals surface area contributed by atoms with E-state index in [9.17, 15) is 0 Å². The minimum Gasteiger partial charge on any atom is -0.492 e. The van der Waals surface area contributed by atoms with Gasteiger partial charge >= 0.3 is 0 Å². The van der Waals surface area contributed by atoms with E-state index in [0.29, 0.717) is 22.9 Å². The van der Waals surface area contributed by atoms with Gasteiger partial charge in [-0.25, -0.2) is 9.97 Å². The maximum atomic E-state index is 8.91. The van der Waals surface area contributed by atoms with Crippen molar-refractivity contribution in [2.75, 3.05) is 24.6 Å². The molecule has 7 heteroatoms. The normalized spacial score (nSPS) is 22.3. The number of pyridine rings is 1. The van der Waals surface area contributed by atoms with Gasteiger partial charge in [0.15, 0.2) is 0 Å². The first kappa shape index (κ1) is 18.0. The fraction of sp³-hybridized carbons (Fsp3) is 0.500. The topological polar surface area (TPSA) is 74.9 Å². The highest BCUT2D eigenvalue weighted by molar-refractivity contribution is 6.30. The molecule has 2 aromatic rings. The average Bonchev–Trinajstić information content (AvgIpc) is 3.48. The maximum absolute atomic E-state index is 8.91. The second-order valence-electron chi connectivity index (χ2n) is 7.34. The second-order valence-corrected chi connectivity index (χ2v) is 7.78. The molecule has 2 aromatic heterocycles. The van der Waals surface area contributed by atoms with Crippen molar-refractivity contribution in [1.29, 1.82) is 5.26 Å². The first-order valence-electron chi connectivity index (χ1n) is 9.43. The van der Waals surface area contributed by atoms with Crippen LogP contribution in [0.5, 0.6) is 5.75 Å². The zero-order chi connectivity index (χ0) is 18.6. The summed E-state index contributed by atoms with van der Waals surface area (Å²) in [4.78, 5) is 14.9. The van der Waals surface area contributed by atoms with Crippen LogP contribution in [0.1, 0.15) is 31.2 Å². The monoisotopic (exact) mass is 383 g/mol. The Bertz CT molecular complexity index is 814. The molecule has 6 nitrogen and oxygen atoms in total. The third-order valence-corrected chi connectivity index (χ3v) is 5.81. The van der Waals surface area contributed by atoms with Gasteiger partial charge in [0.1, 0.15) is 11.8 Å². The summed E-state index contributed by atoms with van der Waals surface area (Å²) in [5.74, 6) is 3.85.